The predicted octanol–water partition coefficient (Wildman–Crippen LogP) is 2.69. The Morgan fingerprint density at radius 3 is 2.40 bits per heavy atom. The van der Waals surface area contributed by atoms with Crippen molar-refractivity contribution in [2.24, 2.45) is 0 Å². The molecule has 0 aliphatic carbocycles. The molecule has 1 aromatic rings. The first-order valence-electron chi connectivity index (χ1n) is 4.98. The monoisotopic (exact) mass is 208 g/mol. The number of Topliss-reactive ketones (excluding diaryl/α,β-unsaturated/α-hetero) is 1. The van der Waals surface area contributed by atoms with Crippen molar-refractivity contribution < 1.29 is 14.3 Å². The summed E-state index contributed by atoms with van der Waals surface area (Å²) >= 11 is 0. The molecule has 0 aliphatic rings. The zero-order chi connectivity index (χ0) is 11.3. The summed E-state index contributed by atoms with van der Waals surface area (Å²) in [5.41, 5.74) is 0.675. The minimum atomic E-state index is 0.137. The van der Waals surface area contributed by atoms with E-state index in [9.17, 15) is 4.79 Å². The van der Waals surface area contributed by atoms with Gasteiger partial charge in [-0.1, -0.05) is 6.92 Å². The minimum absolute atomic E-state index is 0.137. The second kappa shape index (κ2) is 5.39. The van der Waals surface area contributed by atoms with Crippen molar-refractivity contribution in [1.29, 1.82) is 0 Å². The lowest BCUT2D eigenvalue weighted by atomic mass is 10.1. The summed E-state index contributed by atoms with van der Waals surface area (Å²) in [5.74, 6) is 1.38. The maximum atomic E-state index is 11.6. The molecular weight excluding hydrogens is 192 g/mol. The summed E-state index contributed by atoms with van der Waals surface area (Å²) in [5, 5.41) is 0. The van der Waals surface area contributed by atoms with E-state index < -0.39 is 0 Å². The SMILES string of the molecule is CCCC(=O)c1ccc(OC)c(OC)c1. The fourth-order valence-corrected chi connectivity index (χ4v) is 1.38. The van der Waals surface area contributed by atoms with Gasteiger partial charge in [0.25, 0.3) is 0 Å². The first-order valence-corrected chi connectivity index (χ1v) is 4.98. The van der Waals surface area contributed by atoms with Gasteiger partial charge in [0.2, 0.25) is 0 Å². The molecule has 0 aliphatic heterocycles. The number of benzene rings is 1. The van der Waals surface area contributed by atoms with Gasteiger partial charge in [0, 0.05) is 12.0 Å². The van der Waals surface area contributed by atoms with Gasteiger partial charge in [0.15, 0.2) is 17.3 Å². The molecule has 0 atom stereocenters. The van der Waals surface area contributed by atoms with Crippen LogP contribution in [0.1, 0.15) is 30.1 Å². The van der Waals surface area contributed by atoms with E-state index in [4.69, 9.17) is 9.47 Å². The van der Waals surface area contributed by atoms with E-state index in [0.717, 1.165) is 6.42 Å². The summed E-state index contributed by atoms with van der Waals surface area (Å²) in [7, 11) is 3.14. The van der Waals surface area contributed by atoms with Crippen molar-refractivity contribution >= 4 is 5.78 Å². The summed E-state index contributed by atoms with van der Waals surface area (Å²) in [4.78, 5) is 11.6. The number of hydrogen-bond acceptors (Lipinski definition) is 3. The summed E-state index contributed by atoms with van der Waals surface area (Å²) < 4.78 is 10.2. The summed E-state index contributed by atoms with van der Waals surface area (Å²) in [6, 6.07) is 5.23. The lowest BCUT2D eigenvalue weighted by Gasteiger charge is -2.08. The molecule has 3 nitrogen and oxygen atoms in total. The molecule has 0 heterocycles. The van der Waals surface area contributed by atoms with Gasteiger partial charge in [-0.25, -0.2) is 0 Å². The third-order valence-corrected chi connectivity index (χ3v) is 2.18. The number of hydrogen-bond donors (Lipinski definition) is 0. The number of carbonyl (C=O) groups excluding carboxylic acids is 1. The first-order chi connectivity index (χ1) is 7.22. The van der Waals surface area contributed by atoms with E-state index in [2.05, 4.69) is 0 Å². The highest BCUT2D eigenvalue weighted by atomic mass is 16.5. The molecule has 0 N–H and O–H groups in total. The van der Waals surface area contributed by atoms with Gasteiger partial charge in [-0.2, -0.15) is 0 Å². The average Bonchev–Trinajstić information content (AvgIpc) is 2.28. The molecule has 0 aromatic heterocycles. The summed E-state index contributed by atoms with van der Waals surface area (Å²) in [6.07, 6.45) is 1.42. The third kappa shape index (κ3) is 2.72. The molecule has 0 fully saturated rings. The molecule has 0 unspecified atom stereocenters. The van der Waals surface area contributed by atoms with Gasteiger partial charge < -0.3 is 9.47 Å². The van der Waals surface area contributed by atoms with E-state index in [0.29, 0.717) is 23.5 Å². The number of ether oxygens (including phenoxy) is 2. The molecule has 82 valence electrons. The zero-order valence-electron chi connectivity index (χ0n) is 9.37. The van der Waals surface area contributed by atoms with E-state index in [1.807, 2.05) is 6.92 Å². The van der Waals surface area contributed by atoms with Crippen molar-refractivity contribution in [2.75, 3.05) is 14.2 Å². The molecule has 3 heteroatoms. The highest BCUT2D eigenvalue weighted by Crippen LogP contribution is 2.27. The first kappa shape index (κ1) is 11.6. The second-order valence-electron chi connectivity index (χ2n) is 3.24. The number of rotatable bonds is 5. The fourth-order valence-electron chi connectivity index (χ4n) is 1.38. The van der Waals surface area contributed by atoms with Crippen LogP contribution in [0.5, 0.6) is 11.5 Å². The molecular formula is C12H16O3. The Balaban J connectivity index is 2.97. The van der Waals surface area contributed by atoms with E-state index in [1.54, 1.807) is 32.4 Å². The number of carbonyl (C=O) groups is 1. The van der Waals surface area contributed by atoms with Crippen LogP contribution in [0.15, 0.2) is 18.2 Å². The maximum absolute atomic E-state index is 11.6. The van der Waals surface area contributed by atoms with Gasteiger partial charge in [-0.15, -0.1) is 0 Å². The van der Waals surface area contributed by atoms with Crippen molar-refractivity contribution in [2.45, 2.75) is 19.8 Å². The fraction of sp³-hybridized carbons (Fsp3) is 0.417. The molecule has 0 spiro atoms. The lowest BCUT2D eigenvalue weighted by Crippen LogP contribution is -1.99. The van der Waals surface area contributed by atoms with Crippen molar-refractivity contribution in [3.8, 4) is 11.5 Å². The predicted molar refractivity (Wildman–Crippen MR) is 58.8 cm³/mol. The number of methoxy groups -OCH3 is 2. The Labute approximate surface area is 90.0 Å². The van der Waals surface area contributed by atoms with Gasteiger partial charge >= 0.3 is 0 Å². The van der Waals surface area contributed by atoms with E-state index >= 15 is 0 Å². The van der Waals surface area contributed by atoms with E-state index in [-0.39, 0.29) is 5.78 Å². The molecule has 0 amide bonds. The molecule has 1 aromatic carbocycles. The van der Waals surface area contributed by atoms with Crippen LogP contribution in [0.2, 0.25) is 0 Å². The van der Waals surface area contributed by atoms with Crippen LogP contribution in [0.3, 0.4) is 0 Å². The van der Waals surface area contributed by atoms with Crippen molar-refractivity contribution in [3.05, 3.63) is 23.8 Å². The molecule has 0 saturated heterocycles. The third-order valence-electron chi connectivity index (χ3n) is 2.18. The highest BCUT2D eigenvalue weighted by Gasteiger charge is 2.09. The average molecular weight is 208 g/mol. The Morgan fingerprint density at radius 2 is 1.87 bits per heavy atom. The number of ketones is 1. The largest absolute Gasteiger partial charge is 0.493 e. The molecule has 0 saturated carbocycles. The van der Waals surface area contributed by atoms with Crippen LogP contribution in [0.4, 0.5) is 0 Å². The van der Waals surface area contributed by atoms with Gasteiger partial charge in [0.1, 0.15) is 0 Å². The van der Waals surface area contributed by atoms with Gasteiger partial charge in [0.05, 0.1) is 14.2 Å². The Hall–Kier alpha value is -1.51. The smallest absolute Gasteiger partial charge is 0.163 e. The maximum Gasteiger partial charge on any atom is 0.163 e. The van der Waals surface area contributed by atoms with Gasteiger partial charge in [-0.3, -0.25) is 4.79 Å². The topological polar surface area (TPSA) is 35.5 Å². The van der Waals surface area contributed by atoms with Crippen LogP contribution in [-0.2, 0) is 0 Å². The van der Waals surface area contributed by atoms with Crippen LogP contribution in [-0.4, -0.2) is 20.0 Å². The Kier molecular flexibility index (Phi) is 4.16. The van der Waals surface area contributed by atoms with Crippen LogP contribution in [0.25, 0.3) is 0 Å². The van der Waals surface area contributed by atoms with Crippen LogP contribution < -0.4 is 9.47 Å². The molecule has 0 bridgehead atoms. The zero-order valence-corrected chi connectivity index (χ0v) is 9.37. The molecule has 15 heavy (non-hydrogen) atoms. The van der Waals surface area contributed by atoms with E-state index in [1.165, 1.54) is 0 Å². The molecule has 1 rings (SSSR count). The highest BCUT2D eigenvalue weighted by molar-refractivity contribution is 5.96. The van der Waals surface area contributed by atoms with Crippen molar-refractivity contribution in [1.82, 2.24) is 0 Å². The van der Waals surface area contributed by atoms with Crippen LogP contribution >= 0.6 is 0 Å². The standard InChI is InChI=1S/C12H16O3/c1-4-5-10(13)9-6-7-11(14-2)12(8-9)15-3/h6-8H,4-5H2,1-3H3. The second-order valence-corrected chi connectivity index (χ2v) is 3.24. The lowest BCUT2D eigenvalue weighted by molar-refractivity contribution is 0.0981. The quantitative estimate of drug-likeness (QED) is 0.698. The molecule has 0 radical (unpaired) electrons. The Morgan fingerprint density at radius 1 is 1.20 bits per heavy atom. The Bertz CT molecular complexity index is 345. The minimum Gasteiger partial charge on any atom is -0.493 e. The van der Waals surface area contributed by atoms with Gasteiger partial charge in [-0.05, 0) is 24.6 Å². The van der Waals surface area contributed by atoms with Crippen LogP contribution in [0, 0.1) is 0 Å². The van der Waals surface area contributed by atoms with Crippen molar-refractivity contribution in [3.63, 3.8) is 0 Å². The summed E-state index contributed by atoms with van der Waals surface area (Å²) in [6.45, 7) is 1.98. The normalized spacial score (nSPS) is 9.80.